The molecule has 66 valence electrons. The maximum Gasteiger partial charge on any atom is 0.142 e. The molecule has 0 heterocycles. The van der Waals surface area contributed by atoms with Crippen molar-refractivity contribution >= 4 is 17.3 Å². The summed E-state index contributed by atoms with van der Waals surface area (Å²) in [5, 5.41) is 0.613. The van der Waals surface area contributed by atoms with Crippen molar-refractivity contribution in [1.82, 2.24) is 0 Å². The summed E-state index contributed by atoms with van der Waals surface area (Å²) in [6.07, 6.45) is 0. The first kappa shape index (κ1) is 9.20. The lowest BCUT2D eigenvalue weighted by Crippen LogP contribution is -1.97. The molecular weight excluding hydrogens is 174 g/mol. The van der Waals surface area contributed by atoms with Crippen molar-refractivity contribution in [2.24, 2.45) is 0 Å². The number of nitrogen functional groups attached to an aromatic ring is 1. The second-order valence-electron chi connectivity index (χ2n) is 2.75. The summed E-state index contributed by atoms with van der Waals surface area (Å²) >= 11 is 5.93. The number of benzene rings is 1. The SMILES string of the molecule is COc1c(Cl)cc(C)c(N)c1C. The van der Waals surface area contributed by atoms with Crippen LogP contribution in [0, 0.1) is 13.8 Å². The molecule has 0 radical (unpaired) electrons. The van der Waals surface area contributed by atoms with Gasteiger partial charge in [-0.15, -0.1) is 0 Å². The first-order chi connectivity index (χ1) is 5.57. The molecule has 3 heteroatoms. The van der Waals surface area contributed by atoms with Crippen molar-refractivity contribution in [2.45, 2.75) is 13.8 Å². The Kier molecular flexibility index (Phi) is 2.48. The quantitative estimate of drug-likeness (QED) is 0.683. The highest BCUT2D eigenvalue weighted by molar-refractivity contribution is 6.32. The van der Waals surface area contributed by atoms with E-state index in [1.54, 1.807) is 7.11 Å². The van der Waals surface area contributed by atoms with Crippen molar-refractivity contribution in [2.75, 3.05) is 12.8 Å². The van der Waals surface area contributed by atoms with Gasteiger partial charge in [-0.05, 0) is 25.5 Å². The Balaban J connectivity index is 3.40. The molecule has 0 bridgehead atoms. The first-order valence-corrected chi connectivity index (χ1v) is 4.05. The van der Waals surface area contributed by atoms with Gasteiger partial charge in [0.05, 0.1) is 12.1 Å². The highest BCUT2D eigenvalue weighted by Gasteiger charge is 2.09. The van der Waals surface area contributed by atoms with Crippen LogP contribution >= 0.6 is 11.6 Å². The number of anilines is 1. The molecule has 0 aliphatic rings. The summed E-state index contributed by atoms with van der Waals surface area (Å²) in [5.74, 6) is 0.666. The van der Waals surface area contributed by atoms with Crippen LogP contribution in [-0.4, -0.2) is 7.11 Å². The monoisotopic (exact) mass is 185 g/mol. The summed E-state index contributed by atoms with van der Waals surface area (Å²) in [6.45, 7) is 3.82. The minimum Gasteiger partial charge on any atom is -0.495 e. The lowest BCUT2D eigenvalue weighted by molar-refractivity contribution is 0.412. The van der Waals surface area contributed by atoms with E-state index in [1.165, 1.54) is 0 Å². The van der Waals surface area contributed by atoms with Gasteiger partial charge in [-0.1, -0.05) is 11.6 Å². The molecule has 0 amide bonds. The smallest absolute Gasteiger partial charge is 0.142 e. The molecule has 0 aromatic heterocycles. The van der Waals surface area contributed by atoms with Gasteiger partial charge in [0.15, 0.2) is 0 Å². The van der Waals surface area contributed by atoms with E-state index in [2.05, 4.69) is 0 Å². The van der Waals surface area contributed by atoms with Crippen molar-refractivity contribution in [3.05, 3.63) is 22.2 Å². The molecule has 0 saturated heterocycles. The number of nitrogens with two attached hydrogens (primary N) is 1. The van der Waals surface area contributed by atoms with Gasteiger partial charge < -0.3 is 10.5 Å². The Labute approximate surface area is 77.3 Å². The largest absolute Gasteiger partial charge is 0.495 e. The maximum atomic E-state index is 5.93. The van der Waals surface area contributed by atoms with Crippen LogP contribution in [0.4, 0.5) is 5.69 Å². The first-order valence-electron chi connectivity index (χ1n) is 3.67. The predicted octanol–water partition coefficient (Wildman–Crippen LogP) is 2.55. The molecule has 0 atom stereocenters. The fourth-order valence-corrected chi connectivity index (χ4v) is 1.56. The molecule has 0 aliphatic heterocycles. The molecule has 12 heavy (non-hydrogen) atoms. The zero-order valence-electron chi connectivity index (χ0n) is 7.44. The van der Waals surface area contributed by atoms with Gasteiger partial charge in [0.1, 0.15) is 5.75 Å². The normalized spacial score (nSPS) is 10.0. The van der Waals surface area contributed by atoms with Crippen LogP contribution < -0.4 is 10.5 Å². The predicted molar refractivity (Wildman–Crippen MR) is 51.9 cm³/mol. The molecule has 1 rings (SSSR count). The van der Waals surface area contributed by atoms with Crippen LogP contribution in [0.25, 0.3) is 0 Å². The molecule has 0 spiro atoms. The van der Waals surface area contributed by atoms with Crippen molar-refractivity contribution < 1.29 is 4.74 Å². The summed E-state index contributed by atoms with van der Waals surface area (Å²) in [6, 6.07) is 1.81. The van der Waals surface area contributed by atoms with Gasteiger partial charge in [0.2, 0.25) is 0 Å². The third kappa shape index (κ3) is 1.34. The molecule has 0 fully saturated rings. The van der Waals surface area contributed by atoms with Crippen LogP contribution in [0.1, 0.15) is 11.1 Å². The molecule has 2 N–H and O–H groups in total. The van der Waals surface area contributed by atoms with Crippen molar-refractivity contribution in [3.8, 4) is 5.75 Å². The van der Waals surface area contributed by atoms with Gasteiger partial charge in [-0.25, -0.2) is 0 Å². The highest BCUT2D eigenvalue weighted by atomic mass is 35.5. The van der Waals surface area contributed by atoms with Crippen molar-refractivity contribution in [1.29, 1.82) is 0 Å². The summed E-state index contributed by atoms with van der Waals surface area (Å²) in [7, 11) is 1.59. The average molecular weight is 186 g/mol. The van der Waals surface area contributed by atoms with E-state index in [9.17, 15) is 0 Å². The van der Waals surface area contributed by atoms with E-state index in [1.807, 2.05) is 19.9 Å². The molecule has 0 unspecified atom stereocenters. The standard InChI is InChI=1S/C9H12ClNO/c1-5-4-7(10)9(12-3)6(2)8(5)11/h4H,11H2,1-3H3. The molecule has 2 nitrogen and oxygen atoms in total. The van der Waals surface area contributed by atoms with E-state index >= 15 is 0 Å². The van der Waals surface area contributed by atoms with E-state index in [0.717, 1.165) is 16.8 Å². The number of methoxy groups -OCH3 is 1. The fourth-order valence-electron chi connectivity index (χ4n) is 1.18. The average Bonchev–Trinajstić information content (AvgIpc) is 2.01. The number of hydrogen-bond donors (Lipinski definition) is 1. The van der Waals surface area contributed by atoms with Gasteiger partial charge in [-0.3, -0.25) is 0 Å². The molecule has 0 saturated carbocycles. The van der Waals surface area contributed by atoms with Crippen LogP contribution in [0.15, 0.2) is 6.07 Å². The lowest BCUT2D eigenvalue weighted by Gasteiger charge is -2.11. The second-order valence-corrected chi connectivity index (χ2v) is 3.15. The Morgan fingerprint density at radius 2 is 2.00 bits per heavy atom. The summed E-state index contributed by atoms with van der Waals surface area (Å²) in [4.78, 5) is 0. The van der Waals surface area contributed by atoms with E-state index in [0.29, 0.717) is 10.8 Å². The molecule has 1 aromatic carbocycles. The number of aryl methyl sites for hydroxylation is 1. The van der Waals surface area contributed by atoms with Crippen LogP contribution in [0.5, 0.6) is 5.75 Å². The minimum atomic E-state index is 0.613. The summed E-state index contributed by atoms with van der Waals surface area (Å²) in [5.41, 5.74) is 8.42. The van der Waals surface area contributed by atoms with Crippen LogP contribution in [0.2, 0.25) is 5.02 Å². The molecular formula is C9H12ClNO. The zero-order chi connectivity index (χ0) is 9.30. The topological polar surface area (TPSA) is 35.2 Å². The lowest BCUT2D eigenvalue weighted by atomic mass is 10.1. The molecule has 0 aliphatic carbocycles. The van der Waals surface area contributed by atoms with Crippen LogP contribution in [0.3, 0.4) is 0 Å². The minimum absolute atomic E-state index is 0.613. The van der Waals surface area contributed by atoms with Crippen molar-refractivity contribution in [3.63, 3.8) is 0 Å². The van der Waals surface area contributed by atoms with E-state index in [4.69, 9.17) is 22.1 Å². The Morgan fingerprint density at radius 1 is 1.42 bits per heavy atom. The zero-order valence-corrected chi connectivity index (χ0v) is 8.20. The van der Waals surface area contributed by atoms with Gasteiger partial charge in [-0.2, -0.15) is 0 Å². The third-order valence-electron chi connectivity index (χ3n) is 1.93. The Morgan fingerprint density at radius 3 is 2.50 bits per heavy atom. The van der Waals surface area contributed by atoms with Gasteiger partial charge >= 0.3 is 0 Å². The highest BCUT2D eigenvalue weighted by Crippen LogP contribution is 2.34. The van der Waals surface area contributed by atoms with E-state index < -0.39 is 0 Å². The van der Waals surface area contributed by atoms with E-state index in [-0.39, 0.29) is 0 Å². The third-order valence-corrected chi connectivity index (χ3v) is 2.21. The van der Waals surface area contributed by atoms with Gasteiger partial charge in [0.25, 0.3) is 0 Å². The van der Waals surface area contributed by atoms with Gasteiger partial charge in [0, 0.05) is 11.3 Å². The number of hydrogen-bond acceptors (Lipinski definition) is 2. The summed E-state index contributed by atoms with van der Waals surface area (Å²) < 4.78 is 5.10. The van der Waals surface area contributed by atoms with Crippen LogP contribution in [-0.2, 0) is 0 Å². The number of halogens is 1. The Bertz CT molecular complexity index is 310. The Hall–Kier alpha value is -0.890. The fraction of sp³-hybridized carbons (Fsp3) is 0.333. The maximum absolute atomic E-state index is 5.93. The second kappa shape index (κ2) is 3.23. The molecule has 1 aromatic rings. The number of rotatable bonds is 1. The number of ether oxygens (including phenoxy) is 1.